The molecule has 2 rings (SSSR count). The molecule has 2 aromatic rings. The average Bonchev–Trinajstić information content (AvgIpc) is 2.33. The fraction of sp³-hybridized carbons (Fsp3) is 0.143. The maximum Gasteiger partial charge on any atom is 0.118 e. The van der Waals surface area contributed by atoms with Crippen LogP contribution in [0.1, 0.15) is 5.56 Å². The highest BCUT2D eigenvalue weighted by atomic mass is 16.5. The summed E-state index contributed by atoms with van der Waals surface area (Å²) in [6.45, 7) is 2.06. The van der Waals surface area contributed by atoms with Gasteiger partial charge in [-0.15, -0.1) is 0 Å². The van der Waals surface area contributed by atoms with E-state index in [4.69, 9.17) is 4.74 Å². The molecule has 1 nitrogen and oxygen atoms in total. The first-order valence-corrected chi connectivity index (χ1v) is 4.93. The monoisotopic (exact) mass is 200 g/mol. The molecule has 0 aliphatic carbocycles. The van der Waals surface area contributed by atoms with Crippen LogP contribution in [0.15, 0.2) is 60.7 Å². The van der Waals surface area contributed by atoms with Crippen molar-refractivity contribution in [1.29, 1.82) is 0 Å². The molecule has 0 aliphatic heterocycles. The molecule has 78 valence electrons. The summed E-state index contributed by atoms with van der Waals surface area (Å²) in [5.41, 5.74) is 1.26. The second kappa shape index (κ2) is 6.66. The van der Waals surface area contributed by atoms with Crippen LogP contribution < -0.4 is 4.74 Å². The maximum atomic E-state index is 4.97. The third kappa shape index (κ3) is 4.87. The lowest BCUT2D eigenvalue weighted by Crippen LogP contribution is -1.80. The summed E-state index contributed by atoms with van der Waals surface area (Å²) in [4.78, 5) is 0. The van der Waals surface area contributed by atoms with E-state index in [1.165, 1.54) is 5.56 Å². The van der Waals surface area contributed by atoms with Gasteiger partial charge in [-0.1, -0.05) is 54.1 Å². The Bertz CT molecular complexity index is 324. The first kappa shape index (κ1) is 11.3. The summed E-state index contributed by atoms with van der Waals surface area (Å²) >= 11 is 0. The van der Waals surface area contributed by atoms with Crippen molar-refractivity contribution in [3.05, 3.63) is 66.2 Å². The molecule has 0 saturated carbocycles. The van der Waals surface area contributed by atoms with Crippen LogP contribution in [-0.2, 0) is 0 Å². The summed E-state index contributed by atoms with van der Waals surface area (Å²) < 4.78 is 4.97. The number of rotatable bonds is 1. The van der Waals surface area contributed by atoms with Gasteiger partial charge in [-0.25, -0.2) is 0 Å². The van der Waals surface area contributed by atoms with Gasteiger partial charge < -0.3 is 4.74 Å². The van der Waals surface area contributed by atoms with Gasteiger partial charge in [0.05, 0.1) is 7.11 Å². The second-order valence-electron chi connectivity index (χ2n) is 3.17. The first-order chi connectivity index (χ1) is 7.33. The van der Waals surface area contributed by atoms with Crippen LogP contribution >= 0.6 is 0 Å². The smallest absolute Gasteiger partial charge is 0.118 e. The molecular formula is C14H16O. The van der Waals surface area contributed by atoms with Crippen molar-refractivity contribution >= 4 is 0 Å². The van der Waals surface area contributed by atoms with E-state index in [-0.39, 0.29) is 0 Å². The van der Waals surface area contributed by atoms with Crippen LogP contribution in [0.2, 0.25) is 0 Å². The zero-order valence-electron chi connectivity index (χ0n) is 9.18. The normalized spacial score (nSPS) is 8.67. The molecule has 0 unspecified atom stereocenters. The molecule has 0 bridgehead atoms. The molecular weight excluding hydrogens is 184 g/mol. The Morgan fingerprint density at radius 3 is 1.47 bits per heavy atom. The van der Waals surface area contributed by atoms with Crippen molar-refractivity contribution in [1.82, 2.24) is 0 Å². The van der Waals surface area contributed by atoms with Gasteiger partial charge >= 0.3 is 0 Å². The number of methoxy groups -OCH3 is 1. The quantitative estimate of drug-likeness (QED) is 0.682. The van der Waals surface area contributed by atoms with Gasteiger partial charge in [-0.2, -0.15) is 0 Å². The molecule has 2 aromatic carbocycles. The minimum Gasteiger partial charge on any atom is -0.497 e. The predicted molar refractivity (Wildman–Crippen MR) is 64.2 cm³/mol. The van der Waals surface area contributed by atoms with Crippen molar-refractivity contribution in [3.8, 4) is 5.75 Å². The van der Waals surface area contributed by atoms with Crippen LogP contribution in [0, 0.1) is 6.92 Å². The number of aryl methyl sites for hydroxylation is 1. The molecule has 0 heterocycles. The van der Waals surface area contributed by atoms with Crippen molar-refractivity contribution < 1.29 is 4.74 Å². The van der Waals surface area contributed by atoms with Crippen LogP contribution in [0.5, 0.6) is 5.75 Å². The average molecular weight is 200 g/mol. The van der Waals surface area contributed by atoms with Crippen molar-refractivity contribution in [2.45, 2.75) is 6.92 Å². The second-order valence-corrected chi connectivity index (χ2v) is 3.17. The molecule has 0 aromatic heterocycles. The largest absolute Gasteiger partial charge is 0.497 e. The molecule has 0 saturated heterocycles. The van der Waals surface area contributed by atoms with Crippen LogP contribution in [-0.4, -0.2) is 7.11 Å². The van der Waals surface area contributed by atoms with E-state index in [1.807, 2.05) is 60.7 Å². The molecule has 0 fully saturated rings. The summed E-state index contributed by atoms with van der Waals surface area (Å²) in [6, 6.07) is 20.0. The standard InChI is InChI=1S/C8H10O.C6H6/c1-7-3-5-8(9-2)6-4-7;1-2-4-6-5-3-1/h3-6H,1-2H3;1-6H. The Kier molecular flexibility index (Phi) is 5.02. The Morgan fingerprint density at radius 1 is 0.733 bits per heavy atom. The highest BCUT2D eigenvalue weighted by molar-refractivity contribution is 5.25. The van der Waals surface area contributed by atoms with Crippen LogP contribution in [0.3, 0.4) is 0 Å². The van der Waals surface area contributed by atoms with Gasteiger partial charge in [-0.3, -0.25) is 0 Å². The minimum absolute atomic E-state index is 0.917. The third-order valence-corrected chi connectivity index (χ3v) is 1.92. The SMILES string of the molecule is COc1ccc(C)cc1.c1ccccc1. The van der Waals surface area contributed by atoms with E-state index in [2.05, 4.69) is 6.92 Å². The summed E-state index contributed by atoms with van der Waals surface area (Å²) in [6.07, 6.45) is 0. The summed E-state index contributed by atoms with van der Waals surface area (Å²) in [5.74, 6) is 0.917. The van der Waals surface area contributed by atoms with Gasteiger partial charge in [0.2, 0.25) is 0 Å². The van der Waals surface area contributed by atoms with Crippen molar-refractivity contribution in [2.75, 3.05) is 7.11 Å². The van der Waals surface area contributed by atoms with Crippen molar-refractivity contribution in [3.63, 3.8) is 0 Å². The molecule has 0 atom stereocenters. The molecule has 1 heteroatoms. The number of hydrogen-bond acceptors (Lipinski definition) is 1. The van der Waals surface area contributed by atoms with E-state index in [1.54, 1.807) is 7.11 Å². The maximum absolute atomic E-state index is 4.97. The molecule has 0 aliphatic rings. The zero-order chi connectivity index (χ0) is 10.9. The fourth-order valence-electron chi connectivity index (χ4n) is 1.06. The topological polar surface area (TPSA) is 9.23 Å². The number of ether oxygens (including phenoxy) is 1. The molecule has 0 radical (unpaired) electrons. The first-order valence-electron chi connectivity index (χ1n) is 4.93. The lowest BCUT2D eigenvalue weighted by atomic mass is 10.2. The van der Waals surface area contributed by atoms with Gasteiger partial charge in [0.1, 0.15) is 5.75 Å². The van der Waals surface area contributed by atoms with Crippen LogP contribution in [0.4, 0.5) is 0 Å². The molecule has 0 spiro atoms. The minimum atomic E-state index is 0.917. The lowest BCUT2D eigenvalue weighted by molar-refractivity contribution is 0.414. The van der Waals surface area contributed by atoms with Gasteiger partial charge in [-0.05, 0) is 19.1 Å². The van der Waals surface area contributed by atoms with Gasteiger partial charge in [0, 0.05) is 0 Å². The fourth-order valence-corrected chi connectivity index (χ4v) is 1.06. The Balaban J connectivity index is 0.000000162. The Morgan fingerprint density at radius 2 is 1.13 bits per heavy atom. The van der Waals surface area contributed by atoms with Crippen LogP contribution in [0.25, 0.3) is 0 Å². The van der Waals surface area contributed by atoms with E-state index in [9.17, 15) is 0 Å². The van der Waals surface area contributed by atoms with Crippen molar-refractivity contribution in [2.24, 2.45) is 0 Å². The van der Waals surface area contributed by atoms with E-state index < -0.39 is 0 Å². The number of benzene rings is 2. The van der Waals surface area contributed by atoms with E-state index in [0.29, 0.717) is 0 Å². The lowest BCUT2D eigenvalue weighted by Gasteiger charge is -1.97. The Labute approximate surface area is 91.3 Å². The molecule has 0 N–H and O–H groups in total. The third-order valence-electron chi connectivity index (χ3n) is 1.92. The van der Waals surface area contributed by atoms with E-state index in [0.717, 1.165) is 5.75 Å². The molecule has 15 heavy (non-hydrogen) atoms. The predicted octanol–water partition coefficient (Wildman–Crippen LogP) is 3.69. The Hall–Kier alpha value is -1.76. The van der Waals surface area contributed by atoms with Gasteiger partial charge in [0.25, 0.3) is 0 Å². The molecule has 0 amide bonds. The summed E-state index contributed by atoms with van der Waals surface area (Å²) in [5, 5.41) is 0. The zero-order valence-corrected chi connectivity index (χ0v) is 9.18. The van der Waals surface area contributed by atoms with E-state index >= 15 is 0 Å². The van der Waals surface area contributed by atoms with Gasteiger partial charge in [0.15, 0.2) is 0 Å². The highest BCUT2D eigenvalue weighted by Gasteiger charge is 1.85. The summed E-state index contributed by atoms with van der Waals surface area (Å²) in [7, 11) is 1.67. The number of hydrogen-bond donors (Lipinski definition) is 0. The highest BCUT2D eigenvalue weighted by Crippen LogP contribution is 2.09.